The Morgan fingerprint density at radius 1 is 0.295 bits per heavy atom. The van der Waals surface area contributed by atoms with E-state index in [9.17, 15) is 74.6 Å². The number of ether oxygens (including phenoxy) is 8. The van der Waals surface area contributed by atoms with Crippen LogP contribution in [0.5, 0.6) is 0 Å². The third-order valence-electron chi connectivity index (χ3n) is 24.9. The highest BCUT2D eigenvalue weighted by molar-refractivity contribution is 7.47. The van der Waals surface area contributed by atoms with Gasteiger partial charge < -0.3 is 88.7 Å². The third kappa shape index (κ3) is 54.2. The van der Waals surface area contributed by atoms with Crippen LogP contribution in [0.15, 0.2) is 0 Å². The van der Waals surface area contributed by atoms with Crippen molar-refractivity contribution in [3.05, 3.63) is 0 Å². The molecule has 2 aliphatic heterocycles. The van der Waals surface area contributed by atoms with Crippen LogP contribution in [-0.2, 0) is 70.7 Å². The molecular formula is C96H181O25P. The zero-order valence-corrected chi connectivity index (χ0v) is 78.0. The summed E-state index contributed by atoms with van der Waals surface area (Å²) in [6.07, 6.45) is 34.8. The Kier molecular flexibility index (Phi) is 70.0. The average Bonchev–Trinajstić information content (AvgIpc) is 0.755. The number of hydrogen-bond acceptors (Lipinski definition) is 24. The van der Waals surface area contributed by atoms with E-state index in [1.807, 2.05) is 0 Å². The molecule has 122 heavy (non-hydrogen) atoms. The van der Waals surface area contributed by atoms with Crippen molar-refractivity contribution in [3.8, 4) is 0 Å². The van der Waals surface area contributed by atoms with E-state index in [2.05, 4.69) is 27.7 Å². The van der Waals surface area contributed by atoms with Gasteiger partial charge >= 0.3 is 31.7 Å². The molecule has 3 fully saturated rings. The number of rotatable bonds is 83. The summed E-state index contributed by atoms with van der Waals surface area (Å²) in [6.45, 7) is 5.68. The van der Waals surface area contributed by atoms with Gasteiger partial charge in [-0.2, -0.15) is 0 Å². The fraction of sp³-hybridized carbons (Fsp3) is 0.958. The minimum Gasteiger partial charge on any atom is -0.463 e. The second-order valence-electron chi connectivity index (χ2n) is 36.0. The van der Waals surface area contributed by atoms with Gasteiger partial charge in [0.25, 0.3) is 0 Å². The van der Waals surface area contributed by atoms with Crippen LogP contribution in [0.3, 0.4) is 0 Å². The highest BCUT2D eigenvalue weighted by atomic mass is 31.2. The maximum Gasteiger partial charge on any atom is 0.472 e. The molecule has 10 N–H and O–H groups in total. The van der Waals surface area contributed by atoms with Crippen molar-refractivity contribution in [2.75, 3.05) is 26.4 Å². The molecule has 1 saturated carbocycles. The lowest BCUT2D eigenvalue weighted by Crippen LogP contribution is -2.70. The molecule has 25 nitrogen and oxygen atoms in total. The van der Waals surface area contributed by atoms with Gasteiger partial charge in [0.05, 0.1) is 13.2 Å². The van der Waals surface area contributed by atoms with Gasteiger partial charge in [0.1, 0.15) is 92.6 Å². The monoisotopic (exact) mass is 1770 g/mol. The van der Waals surface area contributed by atoms with Gasteiger partial charge in [0.15, 0.2) is 24.8 Å². The number of carbonyl (C=O) groups is 4. The first-order chi connectivity index (χ1) is 59.2. The lowest BCUT2D eigenvalue weighted by molar-refractivity contribution is -0.360. The number of phosphoric ester groups is 1. The van der Waals surface area contributed by atoms with Crippen LogP contribution in [0.4, 0.5) is 0 Å². The first kappa shape index (κ1) is 114. The van der Waals surface area contributed by atoms with Gasteiger partial charge in [-0.05, 0) is 25.7 Å². The number of aliphatic hydroxyl groups excluding tert-OH is 9. The Morgan fingerprint density at radius 2 is 0.566 bits per heavy atom. The second kappa shape index (κ2) is 75.2. The van der Waals surface area contributed by atoms with Crippen LogP contribution < -0.4 is 0 Å². The average molecular weight is 1770 g/mol. The van der Waals surface area contributed by atoms with E-state index in [1.54, 1.807) is 0 Å². The molecule has 0 amide bonds. The van der Waals surface area contributed by atoms with Gasteiger partial charge in [-0.3, -0.25) is 28.2 Å². The van der Waals surface area contributed by atoms with Crippen LogP contribution in [0.2, 0.25) is 0 Å². The Balaban J connectivity index is 1.89. The molecule has 18 unspecified atom stereocenters. The number of phosphoric acid groups is 1. The van der Waals surface area contributed by atoms with Crippen LogP contribution >= 0.6 is 7.82 Å². The maximum atomic E-state index is 14.9. The summed E-state index contributed by atoms with van der Waals surface area (Å²) < 4.78 is 73.7. The normalized spacial score (nSPS) is 24.4. The van der Waals surface area contributed by atoms with E-state index in [0.717, 1.165) is 128 Å². The molecule has 26 heteroatoms. The molecule has 2 heterocycles. The summed E-state index contributed by atoms with van der Waals surface area (Å²) in [5.41, 5.74) is 0. The summed E-state index contributed by atoms with van der Waals surface area (Å²) in [7, 11) is -5.81. The quantitative estimate of drug-likeness (QED) is 0.0117. The van der Waals surface area contributed by atoms with Gasteiger partial charge in [0, 0.05) is 25.7 Å². The minimum atomic E-state index is -5.81. The first-order valence-corrected chi connectivity index (χ1v) is 51.8. The van der Waals surface area contributed by atoms with E-state index in [4.69, 9.17) is 46.9 Å². The van der Waals surface area contributed by atoms with Gasteiger partial charge in [-0.25, -0.2) is 4.57 Å². The lowest BCUT2D eigenvalue weighted by Gasteiger charge is -2.50. The number of aliphatic hydroxyl groups is 9. The zero-order chi connectivity index (χ0) is 88.9. The number of esters is 4. The maximum absolute atomic E-state index is 14.9. The van der Waals surface area contributed by atoms with Crippen molar-refractivity contribution in [1.29, 1.82) is 0 Å². The summed E-state index contributed by atoms with van der Waals surface area (Å²) >= 11 is 0. The Bertz CT molecular complexity index is 2520. The second-order valence-corrected chi connectivity index (χ2v) is 37.4. The largest absolute Gasteiger partial charge is 0.472 e. The summed E-state index contributed by atoms with van der Waals surface area (Å²) in [5.74, 6) is -2.93. The predicted octanol–water partition coefficient (Wildman–Crippen LogP) is 19.7. The molecule has 18 atom stereocenters. The molecule has 0 spiro atoms. The van der Waals surface area contributed by atoms with E-state index in [1.165, 1.54) is 244 Å². The van der Waals surface area contributed by atoms with Gasteiger partial charge in [-0.1, -0.05) is 407 Å². The van der Waals surface area contributed by atoms with Crippen LogP contribution in [0, 0.1) is 0 Å². The number of hydrogen-bond donors (Lipinski definition) is 10. The third-order valence-corrected chi connectivity index (χ3v) is 25.8. The zero-order valence-electron chi connectivity index (χ0n) is 77.1. The highest BCUT2D eigenvalue weighted by Gasteiger charge is 2.60. The fourth-order valence-corrected chi connectivity index (χ4v) is 17.9. The Morgan fingerprint density at radius 3 is 0.893 bits per heavy atom. The standard InChI is InChI=1S/C96H181O25P/c1-5-9-13-17-21-25-29-33-37-41-44-48-52-56-60-64-68-79(98)112-73-76(115-81(100)70-66-62-58-54-50-47-43-39-35-31-27-23-19-15-11-7-3)74-114-122(110,111)121-94-92(119-95-89(108)85(104)83(102)77(72-97)116-95)88(107)87(106)91(118-82(101)71-67-63-59-55-51-46-40-36-32-28-24-20-16-12-8-4)93(94)120-96-90(109)86(105)84(103)78(117-96)75-113-80(99)69-65-61-57-53-49-45-42-38-34-30-26-22-18-14-10-6-2/h76-78,83-97,102-109H,5-75H2,1-4H3,(H,110,111). The molecule has 0 aromatic rings. The first-order valence-electron chi connectivity index (χ1n) is 50.3. The molecule has 0 aromatic carbocycles. The number of carbonyl (C=O) groups excluding carboxylic acids is 4. The molecule has 720 valence electrons. The smallest absolute Gasteiger partial charge is 0.463 e. The van der Waals surface area contributed by atoms with Crippen molar-refractivity contribution >= 4 is 31.7 Å². The molecule has 0 radical (unpaired) electrons. The fourth-order valence-electron chi connectivity index (χ4n) is 16.9. The van der Waals surface area contributed by atoms with Gasteiger partial charge in [-0.15, -0.1) is 0 Å². The minimum absolute atomic E-state index is 0.0206. The topological polar surface area (TPSA) is 380 Å². The predicted molar refractivity (Wildman–Crippen MR) is 477 cm³/mol. The Hall–Kier alpha value is -2.53. The van der Waals surface area contributed by atoms with E-state index in [-0.39, 0.29) is 25.7 Å². The van der Waals surface area contributed by atoms with Crippen molar-refractivity contribution in [2.45, 2.75) is 562 Å². The molecule has 2 saturated heterocycles. The molecule has 3 aliphatic rings. The molecule has 3 rings (SSSR count). The Labute approximate surface area is 738 Å². The van der Waals surface area contributed by atoms with Crippen molar-refractivity contribution in [3.63, 3.8) is 0 Å². The van der Waals surface area contributed by atoms with Crippen LogP contribution in [0.25, 0.3) is 0 Å². The van der Waals surface area contributed by atoms with Crippen molar-refractivity contribution < 1.29 is 122 Å². The van der Waals surface area contributed by atoms with E-state index < -0.39 is 162 Å². The van der Waals surface area contributed by atoms with E-state index >= 15 is 0 Å². The number of unbranched alkanes of at least 4 members (excludes halogenated alkanes) is 59. The summed E-state index contributed by atoms with van der Waals surface area (Å²) in [5, 5.41) is 103. The highest BCUT2D eigenvalue weighted by Crippen LogP contribution is 2.49. The van der Waals surface area contributed by atoms with Crippen molar-refractivity contribution in [2.24, 2.45) is 0 Å². The summed E-state index contributed by atoms with van der Waals surface area (Å²) in [6, 6.07) is 0. The molecule has 1 aliphatic carbocycles. The summed E-state index contributed by atoms with van der Waals surface area (Å²) in [4.78, 5) is 66.7. The molecule has 0 bridgehead atoms. The SMILES string of the molecule is CCCCCCCCCCCCCCCCCCC(=O)OCC(COP(=O)(O)OC1C(OC2OC(CO)C(O)C(O)C2O)C(O)C(O)C(OC(=O)CCCCCCCCCCCCCCCCC)C1OC1OC(COC(=O)CCCCCCCCCCCCCCCCCC)C(O)C(O)C1O)OC(=O)CCCCCCCCCCCCCCCCCC. The molecular weight excluding hydrogens is 1580 g/mol. The van der Waals surface area contributed by atoms with E-state index in [0.29, 0.717) is 32.1 Å². The lowest BCUT2D eigenvalue weighted by atomic mass is 9.84. The van der Waals surface area contributed by atoms with Crippen molar-refractivity contribution in [1.82, 2.24) is 0 Å². The van der Waals surface area contributed by atoms with Crippen LogP contribution in [-0.4, -0.2) is 205 Å². The van der Waals surface area contributed by atoms with Crippen LogP contribution in [0.1, 0.15) is 458 Å². The molecule has 0 aromatic heterocycles. The van der Waals surface area contributed by atoms with Gasteiger partial charge in [0.2, 0.25) is 0 Å².